The fraction of sp³-hybridized carbons (Fsp3) is 0.310. The van der Waals surface area contributed by atoms with Gasteiger partial charge in [0.25, 0.3) is 11.8 Å². The Kier molecular flexibility index (Phi) is 9.33. The van der Waals surface area contributed by atoms with Gasteiger partial charge < -0.3 is 24.8 Å². The number of nitrogens with one attached hydrogen (secondary N) is 2. The summed E-state index contributed by atoms with van der Waals surface area (Å²) in [5.41, 5.74) is 3.85. The van der Waals surface area contributed by atoms with Gasteiger partial charge in [-0.15, -0.1) is 0 Å². The molecule has 3 aromatic carbocycles. The smallest absolute Gasteiger partial charge is 0.265 e. The van der Waals surface area contributed by atoms with Gasteiger partial charge in [-0.3, -0.25) is 9.59 Å². The number of aryl methyl sites for hydroxylation is 2. The van der Waals surface area contributed by atoms with E-state index >= 15 is 0 Å². The molecule has 36 heavy (non-hydrogen) atoms. The second-order valence-electron chi connectivity index (χ2n) is 8.51. The molecule has 0 spiro atoms. The summed E-state index contributed by atoms with van der Waals surface area (Å²) in [5, 5.41) is 5.81. The number of carbonyl (C=O) groups excluding carboxylic acids is 2. The van der Waals surface area contributed by atoms with E-state index in [0.717, 1.165) is 16.7 Å². The number of ether oxygens (including phenoxy) is 3. The number of anilines is 1. The molecule has 3 aromatic rings. The lowest BCUT2D eigenvalue weighted by atomic mass is 10.1. The molecule has 0 bridgehead atoms. The molecule has 0 saturated carbocycles. The summed E-state index contributed by atoms with van der Waals surface area (Å²) in [6.07, 6.45) is 0.410. The standard InChI is InChI=1S/C29H34N2O5/c1-6-24(36-26-17-19(2)11-12-20(26)3)29(33)31-23-10-8-7-9-22(23)28(32)30-16-15-21-13-14-25(34-4)27(18-21)35-5/h7-14,17-18,24H,6,15-16H2,1-5H3,(H,30,32)(H,31,33)/t24-/m0/s1. The largest absolute Gasteiger partial charge is 0.493 e. The zero-order valence-corrected chi connectivity index (χ0v) is 21.5. The molecule has 1 atom stereocenters. The van der Waals surface area contributed by atoms with Gasteiger partial charge in [0.2, 0.25) is 0 Å². The number of carbonyl (C=O) groups is 2. The molecule has 190 valence electrons. The van der Waals surface area contributed by atoms with Crippen LogP contribution in [0.1, 0.15) is 40.4 Å². The van der Waals surface area contributed by atoms with Crippen molar-refractivity contribution in [2.24, 2.45) is 0 Å². The fourth-order valence-corrected chi connectivity index (χ4v) is 3.76. The maximum atomic E-state index is 13.0. The van der Waals surface area contributed by atoms with Crippen LogP contribution in [0.3, 0.4) is 0 Å². The highest BCUT2D eigenvalue weighted by molar-refractivity contribution is 6.04. The van der Waals surface area contributed by atoms with Gasteiger partial charge in [-0.05, 0) is 73.7 Å². The van der Waals surface area contributed by atoms with Crippen LogP contribution >= 0.6 is 0 Å². The monoisotopic (exact) mass is 490 g/mol. The number of amides is 2. The van der Waals surface area contributed by atoms with Crippen molar-refractivity contribution in [2.45, 2.75) is 39.7 Å². The summed E-state index contributed by atoms with van der Waals surface area (Å²) < 4.78 is 16.6. The predicted octanol–water partition coefficient (Wildman–Crippen LogP) is 5.09. The average Bonchev–Trinajstić information content (AvgIpc) is 2.89. The molecule has 7 heteroatoms. The third kappa shape index (κ3) is 6.78. The Balaban J connectivity index is 1.64. The van der Waals surface area contributed by atoms with E-state index < -0.39 is 6.10 Å². The molecule has 0 radical (unpaired) electrons. The third-order valence-corrected chi connectivity index (χ3v) is 5.85. The van der Waals surface area contributed by atoms with E-state index in [1.165, 1.54) is 0 Å². The SMILES string of the molecule is CC[C@H](Oc1cc(C)ccc1C)C(=O)Nc1ccccc1C(=O)NCCc1ccc(OC)c(OC)c1. The molecular formula is C29H34N2O5. The van der Waals surface area contributed by atoms with E-state index in [1.54, 1.807) is 38.5 Å². The zero-order valence-electron chi connectivity index (χ0n) is 21.5. The van der Waals surface area contributed by atoms with E-state index in [9.17, 15) is 9.59 Å². The Morgan fingerprint density at radius 1 is 0.889 bits per heavy atom. The van der Waals surface area contributed by atoms with Gasteiger partial charge in [-0.1, -0.05) is 37.3 Å². The number of hydrogen-bond acceptors (Lipinski definition) is 5. The molecule has 2 amide bonds. The number of para-hydroxylation sites is 1. The number of hydrogen-bond donors (Lipinski definition) is 2. The fourth-order valence-electron chi connectivity index (χ4n) is 3.76. The van der Waals surface area contributed by atoms with Crippen LogP contribution in [0, 0.1) is 13.8 Å². The lowest BCUT2D eigenvalue weighted by Gasteiger charge is -2.20. The summed E-state index contributed by atoms with van der Waals surface area (Å²) >= 11 is 0. The first-order valence-electron chi connectivity index (χ1n) is 12.0. The van der Waals surface area contributed by atoms with Gasteiger partial charge >= 0.3 is 0 Å². The molecule has 0 aliphatic heterocycles. The summed E-state index contributed by atoms with van der Waals surface area (Å²) in [4.78, 5) is 26.0. The van der Waals surface area contributed by atoms with Crippen LogP contribution in [0.2, 0.25) is 0 Å². The van der Waals surface area contributed by atoms with Gasteiger partial charge in [0.1, 0.15) is 5.75 Å². The van der Waals surface area contributed by atoms with Crippen molar-refractivity contribution in [1.82, 2.24) is 5.32 Å². The van der Waals surface area contributed by atoms with Crippen molar-refractivity contribution >= 4 is 17.5 Å². The maximum Gasteiger partial charge on any atom is 0.265 e. The topological polar surface area (TPSA) is 85.9 Å². The van der Waals surface area contributed by atoms with Gasteiger partial charge in [0.05, 0.1) is 25.5 Å². The Labute approximate surface area is 212 Å². The Morgan fingerprint density at radius 3 is 2.36 bits per heavy atom. The number of benzene rings is 3. The molecule has 2 N–H and O–H groups in total. The molecule has 0 heterocycles. The highest BCUT2D eigenvalue weighted by atomic mass is 16.5. The summed E-state index contributed by atoms with van der Waals surface area (Å²) in [6.45, 7) is 6.24. The molecule has 3 rings (SSSR count). The molecular weight excluding hydrogens is 456 g/mol. The van der Waals surface area contributed by atoms with Crippen molar-refractivity contribution in [3.05, 3.63) is 82.9 Å². The van der Waals surface area contributed by atoms with E-state index in [1.807, 2.05) is 57.2 Å². The number of methoxy groups -OCH3 is 2. The molecule has 0 unspecified atom stereocenters. The predicted molar refractivity (Wildman–Crippen MR) is 141 cm³/mol. The lowest BCUT2D eigenvalue weighted by Crippen LogP contribution is -2.34. The Bertz CT molecular complexity index is 1210. The van der Waals surface area contributed by atoms with E-state index in [4.69, 9.17) is 14.2 Å². The maximum absolute atomic E-state index is 13.0. The third-order valence-electron chi connectivity index (χ3n) is 5.85. The van der Waals surface area contributed by atoms with E-state index in [2.05, 4.69) is 10.6 Å². The Morgan fingerprint density at radius 2 is 1.64 bits per heavy atom. The van der Waals surface area contributed by atoms with Crippen LogP contribution in [-0.2, 0) is 11.2 Å². The van der Waals surface area contributed by atoms with Gasteiger partial charge in [0.15, 0.2) is 17.6 Å². The van der Waals surface area contributed by atoms with E-state index in [0.29, 0.717) is 47.9 Å². The van der Waals surface area contributed by atoms with Crippen molar-refractivity contribution in [3.63, 3.8) is 0 Å². The first kappa shape index (κ1) is 26.6. The van der Waals surface area contributed by atoms with Crippen LogP contribution in [-0.4, -0.2) is 38.7 Å². The second kappa shape index (κ2) is 12.6. The minimum atomic E-state index is -0.688. The quantitative estimate of drug-likeness (QED) is 0.391. The highest BCUT2D eigenvalue weighted by Crippen LogP contribution is 2.27. The van der Waals surface area contributed by atoms with Gasteiger partial charge in [0, 0.05) is 6.54 Å². The van der Waals surface area contributed by atoms with Crippen LogP contribution in [0.5, 0.6) is 17.2 Å². The molecule has 0 aliphatic rings. The van der Waals surface area contributed by atoms with Crippen LogP contribution < -0.4 is 24.8 Å². The molecule has 0 saturated heterocycles. The molecule has 0 fully saturated rings. The van der Waals surface area contributed by atoms with Crippen LogP contribution in [0.25, 0.3) is 0 Å². The number of rotatable bonds is 11. The first-order valence-corrected chi connectivity index (χ1v) is 12.0. The van der Waals surface area contributed by atoms with Crippen LogP contribution in [0.4, 0.5) is 5.69 Å². The molecule has 0 aliphatic carbocycles. The van der Waals surface area contributed by atoms with Crippen molar-refractivity contribution in [3.8, 4) is 17.2 Å². The first-order chi connectivity index (χ1) is 17.4. The summed E-state index contributed by atoms with van der Waals surface area (Å²) in [5.74, 6) is 1.40. The minimum Gasteiger partial charge on any atom is -0.493 e. The van der Waals surface area contributed by atoms with E-state index in [-0.39, 0.29) is 11.8 Å². The summed E-state index contributed by atoms with van der Waals surface area (Å²) in [6, 6.07) is 18.5. The average molecular weight is 491 g/mol. The molecule has 7 nitrogen and oxygen atoms in total. The van der Waals surface area contributed by atoms with Crippen LogP contribution in [0.15, 0.2) is 60.7 Å². The Hall–Kier alpha value is -4.00. The van der Waals surface area contributed by atoms with Gasteiger partial charge in [-0.2, -0.15) is 0 Å². The van der Waals surface area contributed by atoms with Crippen molar-refractivity contribution in [2.75, 3.05) is 26.1 Å². The highest BCUT2D eigenvalue weighted by Gasteiger charge is 2.21. The molecule has 0 aromatic heterocycles. The van der Waals surface area contributed by atoms with Crippen molar-refractivity contribution in [1.29, 1.82) is 0 Å². The second-order valence-corrected chi connectivity index (χ2v) is 8.51. The van der Waals surface area contributed by atoms with Crippen molar-refractivity contribution < 1.29 is 23.8 Å². The van der Waals surface area contributed by atoms with Gasteiger partial charge in [-0.25, -0.2) is 0 Å². The zero-order chi connectivity index (χ0) is 26.1. The lowest BCUT2D eigenvalue weighted by molar-refractivity contribution is -0.122. The summed E-state index contributed by atoms with van der Waals surface area (Å²) in [7, 11) is 3.18. The normalized spacial score (nSPS) is 11.4. The minimum absolute atomic E-state index is 0.269.